The molecule has 0 saturated carbocycles. The van der Waals surface area contributed by atoms with Gasteiger partial charge in [0, 0.05) is 18.7 Å². The maximum Gasteiger partial charge on any atom is 0.436 e. The molecule has 1 amide bonds. The number of esters is 1. The van der Waals surface area contributed by atoms with E-state index in [0.29, 0.717) is 5.75 Å². The molecule has 1 aliphatic heterocycles. The molecule has 0 spiro atoms. The molecule has 10 heteroatoms. The van der Waals surface area contributed by atoms with Crippen LogP contribution in [0.15, 0.2) is 24.3 Å². The van der Waals surface area contributed by atoms with E-state index in [9.17, 15) is 22.8 Å². The van der Waals surface area contributed by atoms with Crippen molar-refractivity contribution >= 4 is 11.9 Å². The molecule has 0 aliphatic carbocycles. The molecule has 7 nitrogen and oxygen atoms in total. The number of morpholine rings is 1. The van der Waals surface area contributed by atoms with Crippen LogP contribution in [0, 0.1) is 0 Å². The third kappa shape index (κ3) is 4.33. The van der Waals surface area contributed by atoms with Crippen molar-refractivity contribution in [1.82, 2.24) is 10.2 Å². The Morgan fingerprint density at radius 1 is 1.19 bits per heavy atom. The molecule has 1 aliphatic rings. The number of amides is 1. The third-order valence-electron chi connectivity index (χ3n) is 4.11. The minimum atomic E-state index is -5.11. The van der Waals surface area contributed by atoms with E-state index >= 15 is 0 Å². The van der Waals surface area contributed by atoms with E-state index in [0.717, 1.165) is 4.90 Å². The number of carbonyl (C=O) groups excluding carboxylic acids is 2. The number of alkyl halides is 3. The first-order chi connectivity index (χ1) is 12.8. The van der Waals surface area contributed by atoms with Crippen LogP contribution in [0.2, 0.25) is 0 Å². The highest BCUT2D eigenvalue weighted by Crippen LogP contribution is 2.36. The van der Waals surface area contributed by atoms with Gasteiger partial charge in [-0.3, -0.25) is 9.69 Å². The van der Waals surface area contributed by atoms with Gasteiger partial charge in [0.15, 0.2) is 0 Å². The normalized spacial score (nSPS) is 17.7. The van der Waals surface area contributed by atoms with Crippen LogP contribution in [0.3, 0.4) is 0 Å². The maximum atomic E-state index is 14.1. The van der Waals surface area contributed by atoms with E-state index in [1.165, 1.54) is 38.3 Å². The highest BCUT2D eigenvalue weighted by Gasteiger charge is 2.66. The number of hydrogen-bond acceptors (Lipinski definition) is 6. The van der Waals surface area contributed by atoms with Crippen molar-refractivity contribution in [2.45, 2.75) is 18.8 Å². The zero-order valence-corrected chi connectivity index (χ0v) is 15.0. The average Bonchev–Trinajstić information content (AvgIpc) is 2.65. The standard InChI is InChI=1S/C17H21F3N2O5/c1-3-27-15(24)16(17(18,19)20,22-8-10-26-11-9-22)21-14(23)12-4-6-13(25-2)7-5-12/h4-7H,3,8-11H2,1-2H3,(H,21,23)/t16-/m1/s1. The van der Waals surface area contributed by atoms with Crippen LogP contribution in [0.5, 0.6) is 5.75 Å². The van der Waals surface area contributed by atoms with E-state index in [1.54, 1.807) is 0 Å². The summed E-state index contributed by atoms with van der Waals surface area (Å²) in [6.45, 7) is 0.733. The van der Waals surface area contributed by atoms with Gasteiger partial charge in [0.2, 0.25) is 0 Å². The largest absolute Gasteiger partial charge is 0.497 e. The van der Waals surface area contributed by atoms with Crippen molar-refractivity contribution in [2.75, 3.05) is 40.0 Å². The van der Waals surface area contributed by atoms with Gasteiger partial charge in [0.25, 0.3) is 11.6 Å². The molecule has 0 aromatic heterocycles. The number of benzene rings is 1. The fourth-order valence-corrected chi connectivity index (χ4v) is 2.74. The second-order valence-electron chi connectivity index (χ2n) is 5.71. The van der Waals surface area contributed by atoms with Gasteiger partial charge in [-0.25, -0.2) is 4.79 Å². The molecule has 0 unspecified atom stereocenters. The third-order valence-corrected chi connectivity index (χ3v) is 4.11. The van der Waals surface area contributed by atoms with Gasteiger partial charge >= 0.3 is 12.1 Å². The van der Waals surface area contributed by atoms with Crippen LogP contribution >= 0.6 is 0 Å². The van der Waals surface area contributed by atoms with Crippen molar-refractivity contribution in [3.63, 3.8) is 0 Å². The first-order valence-corrected chi connectivity index (χ1v) is 8.29. The molecule has 1 fully saturated rings. The Bertz CT molecular complexity index is 660. The van der Waals surface area contributed by atoms with Crippen molar-refractivity contribution in [3.05, 3.63) is 29.8 Å². The number of methoxy groups -OCH3 is 1. The Hall–Kier alpha value is -2.33. The summed E-state index contributed by atoms with van der Waals surface area (Å²) < 4.78 is 57.1. The van der Waals surface area contributed by atoms with E-state index in [4.69, 9.17) is 9.47 Å². The molecule has 1 aromatic rings. The summed E-state index contributed by atoms with van der Waals surface area (Å²) in [5, 5.41) is 1.87. The highest BCUT2D eigenvalue weighted by molar-refractivity contribution is 5.98. The molecular weight excluding hydrogens is 369 g/mol. The SMILES string of the molecule is CCOC(=O)[C@@](NC(=O)c1ccc(OC)cc1)(N1CCOCC1)C(F)(F)F. The second-order valence-corrected chi connectivity index (χ2v) is 5.71. The molecular formula is C17H21F3N2O5. The molecule has 1 saturated heterocycles. The zero-order valence-electron chi connectivity index (χ0n) is 15.0. The second kappa shape index (κ2) is 8.57. The molecule has 2 rings (SSSR count). The van der Waals surface area contributed by atoms with Crippen molar-refractivity contribution < 1.29 is 37.0 Å². The molecule has 0 radical (unpaired) electrons. The van der Waals surface area contributed by atoms with Crippen LogP contribution in [-0.2, 0) is 14.3 Å². The van der Waals surface area contributed by atoms with Gasteiger partial charge in [-0.1, -0.05) is 0 Å². The Morgan fingerprint density at radius 2 is 1.78 bits per heavy atom. The average molecular weight is 390 g/mol. The summed E-state index contributed by atoms with van der Waals surface area (Å²) in [7, 11) is 1.42. The Morgan fingerprint density at radius 3 is 2.26 bits per heavy atom. The molecule has 1 heterocycles. The number of halogens is 3. The number of rotatable bonds is 6. The number of nitrogens with one attached hydrogen (secondary N) is 1. The first kappa shape index (κ1) is 21.0. The lowest BCUT2D eigenvalue weighted by atomic mass is 10.0. The molecule has 27 heavy (non-hydrogen) atoms. The smallest absolute Gasteiger partial charge is 0.436 e. The van der Waals surface area contributed by atoms with E-state index < -0.39 is 23.7 Å². The quantitative estimate of drug-likeness (QED) is 0.744. The predicted molar refractivity (Wildman–Crippen MR) is 88.3 cm³/mol. The van der Waals surface area contributed by atoms with Gasteiger partial charge in [-0.2, -0.15) is 13.2 Å². The highest BCUT2D eigenvalue weighted by atomic mass is 19.4. The summed E-state index contributed by atoms with van der Waals surface area (Å²) in [4.78, 5) is 25.8. The number of ether oxygens (including phenoxy) is 3. The number of carbonyl (C=O) groups is 2. The van der Waals surface area contributed by atoms with Crippen molar-refractivity contribution in [1.29, 1.82) is 0 Å². The lowest BCUT2D eigenvalue weighted by Crippen LogP contribution is -2.75. The Balaban J connectivity index is 2.42. The summed E-state index contributed by atoms with van der Waals surface area (Å²) in [6, 6.07) is 5.48. The molecule has 1 atom stereocenters. The Labute approximate surface area is 154 Å². The molecule has 1 aromatic carbocycles. The van der Waals surface area contributed by atoms with Crippen LogP contribution in [0.25, 0.3) is 0 Å². The number of hydrogen-bond donors (Lipinski definition) is 1. The predicted octanol–water partition coefficient (Wildman–Crippen LogP) is 1.58. The summed E-state index contributed by atoms with van der Waals surface area (Å²) >= 11 is 0. The molecule has 0 bridgehead atoms. The summed E-state index contributed by atoms with van der Waals surface area (Å²) in [5.74, 6) is -2.21. The zero-order chi connectivity index (χ0) is 20.1. The lowest BCUT2D eigenvalue weighted by molar-refractivity contribution is -0.253. The van der Waals surface area contributed by atoms with E-state index in [2.05, 4.69) is 4.74 Å². The van der Waals surface area contributed by atoms with Gasteiger partial charge in [-0.05, 0) is 31.2 Å². The first-order valence-electron chi connectivity index (χ1n) is 8.29. The van der Waals surface area contributed by atoms with Gasteiger partial charge in [-0.15, -0.1) is 0 Å². The van der Waals surface area contributed by atoms with E-state index in [1.807, 2.05) is 5.32 Å². The van der Waals surface area contributed by atoms with Crippen molar-refractivity contribution in [2.24, 2.45) is 0 Å². The Kier molecular flexibility index (Phi) is 6.66. The van der Waals surface area contributed by atoms with Gasteiger partial charge in [0.05, 0.1) is 26.9 Å². The van der Waals surface area contributed by atoms with Crippen LogP contribution in [0.4, 0.5) is 13.2 Å². The van der Waals surface area contributed by atoms with Gasteiger partial charge < -0.3 is 19.5 Å². The lowest BCUT2D eigenvalue weighted by Gasteiger charge is -2.44. The fraction of sp³-hybridized carbons (Fsp3) is 0.529. The van der Waals surface area contributed by atoms with Crippen LogP contribution in [-0.4, -0.2) is 68.6 Å². The minimum absolute atomic E-state index is 0.00432. The van der Waals surface area contributed by atoms with E-state index in [-0.39, 0.29) is 38.5 Å². The maximum absolute atomic E-state index is 14.1. The number of nitrogens with zero attached hydrogens (tertiary/aromatic N) is 1. The summed E-state index contributed by atoms with van der Waals surface area (Å²) in [6.07, 6.45) is -5.11. The fourth-order valence-electron chi connectivity index (χ4n) is 2.74. The van der Waals surface area contributed by atoms with Crippen LogP contribution in [0.1, 0.15) is 17.3 Å². The monoisotopic (exact) mass is 390 g/mol. The van der Waals surface area contributed by atoms with Crippen LogP contribution < -0.4 is 10.1 Å². The van der Waals surface area contributed by atoms with Gasteiger partial charge in [0.1, 0.15) is 5.75 Å². The molecule has 1 N–H and O–H groups in total. The summed E-state index contributed by atoms with van der Waals surface area (Å²) in [5.41, 5.74) is -3.36. The molecule has 150 valence electrons. The van der Waals surface area contributed by atoms with Crippen molar-refractivity contribution in [3.8, 4) is 5.75 Å². The minimum Gasteiger partial charge on any atom is -0.497 e. The topological polar surface area (TPSA) is 77.1 Å².